The maximum absolute atomic E-state index is 3.78. The zero-order valence-corrected chi connectivity index (χ0v) is 8.11. The highest BCUT2D eigenvalue weighted by Crippen LogP contribution is 2.35. The van der Waals surface area contributed by atoms with Crippen molar-refractivity contribution in [3.8, 4) is 0 Å². The van der Waals surface area contributed by atoms with E-state index in [4.69, 9.17) is 0 Å². The van der Waals surface area contributed by atoms with Crippen molar-refractivity contribution in [1.82, 2.24) is 16.0 Å². The second-order valence-electron chi connectivity index (χ2n) is 3.70. The first-order chi connectivity index (χ1) is 6.32. The molecule has 3 N–H and O–H groups in total. The number of rotatable bonds is 2. The molecule has 72 valence electrons. The van der Waals surface area contributed by atoms with Crippen LogP contribution in [0.4, 0.5) is 0 Å². The molecule has 1 fully saturated rings. The SMILES string of the molecule is C=CC1=C(NC)C2(CCNCC2)N1. The fourth-order valence-corrected chi connectivity index (χ4v) is 2.33. The number of piperidine rings is 1. The smallest absolute Gasteiger partial charge is 0.0815 e. The van der Waals surface area contributed by atoms with Crippen molar-refractivity contribution < 1.29 is 0 Å². The van der Waals surface area contributed by atoms with Gasteiger partial charge < -0.3 is 16.0 Å². The Labute approximate surface area is 79.3 Å². The summed E-state index contributed by atoms with van der Waals surface area (Å²) in [4.78, 5) is 0. The quantitative estimate of drug-likeness (QED) is 0.571. The number of allylic oxidation sites excluding steroid dienone is 1. The van der Waals surface area contributed by atoms with E-state index in [-0.39, 0.29) is 5.54 Å². The Morgan fingerprint density at radius 1 is 1.46 bits per heavy atom. The lowest BCUT2D eigenvalue weighted by Gasteiger charge is -2.49. The van der Waals surface area contributed by atoms with Crippen molar-refractivity contribution in [3.63, 3.8) is 0 Å². The van der Waals surface area contributed by atoms with Gasteiger partial charge in [0.25, 0.3) is 0 Å². The Morgan fingerprint density at radius 2 is 2.15 bits per heavy atom. The molecule has 0 aliphatic carbocycles. The number of hydrogen-bond acceptors (Lipinski definition) is 3. The van der Waals surface area contributed by atoms with Gasteiger partial charge in [0.1, 0.15) is 0 Å². The standard InChI is InChI=1S/C10H17N3/c1-3-8-9(11-2)10(13-8)4-6-12-7-5-10/h3,11-13H,1,4-7H2,2H3. The minimum Gasteiger partial charge on any atom is -0.388 e. The van der Waals surface area contributed by atoms with Gasteiger partial charge >= 0.3 is 0 Å². The number of nitrogens with one attached hydrogen (secondary N) is 3. The fourth-order valence-electron chi connectivity index (χ4n) is 2.33. The van der Waals surface area contributed by atoms with Crippen LogP contribution in [0.1, 0.15) is 12.8 Å². The van der Waals surface area contributed by atoms with Crippen LogP contribution in [0.5, 0.6) is 0 Å². The summed E-state index contributed by atoms with van der Waals surface area (Å²) in [5, 5.41) is 10.2. The van der Waals surface area contributed by atoms with E-state index in [1.54, 1.807) is 0 Å². The average molecular weight is 179 g/mol. The van der Waals surface area contributed by atoms with E-state index in [2.05, 4.69) is 22.5 Å². The van der Waals surface area contributed by atoms with E-state index in [1.807, 2.05) is 13.1 Å². The molecule has 1 spiro atoms. The molecule has 0 bridgehead atoms. The van der Waals surface area contributed by atoms with Crippen LogP contribution >= 0.6 is 0 Å². The molecule has 1 saturated heterocycles. The third-order valence-corrected chi connectivity index (χ3v) is 3.03. The van der Waals surface area contributed by atoms with Gasteiger partial charge in [0.15, 0.2) is 0 Å². The summed E-state index contributed by atoms with van der Waals surface area (Å²) in [5.41, 5.74) is 2.73. The summed E-state index contributed by atoms with van der Waals surface area (Å²) in [6.07, 6.45) is 4.22. The van der Waals surface area contributed by atoms with Crippen LogP contribution in [0.15, 0.2) is 24.0 Å². The molecular formula is C10H17N3. The molecule has 3 nitrogen and oxygen atoms in total. The van der Waals surface area contributed by atoms with Crippen LogP contribution in [-0.2, 0) is 0 Å². The first-order valence-electron chi connectivity index (χ1n) is 4.86. The maximum Gasteiger partial charge on any atom is 0.0815 e. The van der Waals surface area contributed by atoms with Crippen molar-refractivity contribution in [2.75, 3.05) is 20.1 Å². The van der Waals surface area contributed by atoms with Crippen LogP contribution in [0.3, 0.4) is 0 Å². The highest BCUT2D eigenvalue weighted by molar-refractivity contribution is 5.42. The van der Waals surface area contributed by atoms with Gasteiger partial charge in [0.05, 0.1) is 16.9 Å². The van der Waals surface area contributed by atoms with Crippen LogP contribution in [0, 0.1) is 0 Å². The van der Waals surface area contributed by atoms with E-state index in [0.717, 1.165) is 13.1 Å². The Kier molecular flexibility index (Phi) is 2.04. The van der Waals surface area contributed by atoms with Crippen LogP contribution < -0.4 is 16.0 Å². The lowest BCUT2D eigenvalue weighted by molar-refractivity contribution is 0.258. The van der Waals surface area contributed by atoms with Gasteiger partial charge in [-0.05, 0) is 32.0 Å². The zero-order valence-electron chi connectivity index (χ0n) is 8.11. The normalized spacial score (nSPS) is 25.0. The van der Waals surface area contributed by atoms with E-state index < -0.39 is 0 Å². The number of likely N-dealkylation sites (N-methyl/N-ethyl adjacent to an activating group) is 1. The predicted octanol–water partition coefficient (Wildman–Crippen LogP) is 0.329. The monoisotopic (exact) mass is 179 g/mol. The van der Waals surface area contributed by atoms with Crippen molar-refractivity contribution >= 4 is 0 Å². The van der Waals surface area contributed by atoms with Gasteiger partial charge in [-0.2, -0.15) is 0 Å². The second-order valence-corrected chi connectivity index (χ2v) is 3.70. The lowest BCUT2D eigenvalue weighted by Crippen LogP contribution is -2.62. The minimum atomic E-state index is 0.226. The average Bonchev–Trinajstić information content (AvgIpc) is 2.16. The van der Waals surface area contributed by atoms with E-state index in [1.165, 1.54) is 24.2 Å². The Hall–Kier alpha value is -0.960. The summed E-state index contributed by atoms with van der Waals surface area (Å²) in [7, 11) is 1.99. The molecule has 0 unspecified atom stereocenters. The summed E-state index contributed by atoms with van der Waals surface area (Å²) in [5.74, 6) is 0. The molecule has 0 aromatic carbocycles. The van der Waals surface area contributed by atoms with Gasteiger partial charge in [-0.15, -0.1) is 0 Å². The molecule has 0 aromatic heterocycles. The summed E-state index contributed by atoms with van der Waals surface area (Å²) in [6, 6.07) is 0. The molecule has 3 heteroatoms. The van der Waals surface area contributed by atoms with Gasteiger partial charge in [-0.1, -0.05) is 6.58 Å². The van der Waals surface area contributed by atoms with Crippen molar-refractivity contribution in [3.05, 3.63) is 24.0 Å². The predicted molar refractivity (Wildman–Crippen MR) is 54.3 cm³/mol. The molecule has 2 aliphatic heterocycles. The molecule has 2 aliphatic rings. The van der Waals surface area contributed by atoms with E-state index in [0.29, 0.717) is 0 Å². The summed E-state index contributed by atoms with van der Waals surface area (Å²) < 4.78 is 0. The molecule has 2 rings (SSSR count). The highest BCUT2D eigenvalue weighted by Gasteiger charge is 2.43. The van der Waals surface area contributed by atoms with Crippen LogP contribution in [0.25, 0.3) is 0 Å². The van der Waals surface area contributed by atoms with Crippen LogP contribution in [-0.4, -0.2) is 25.7 Å². The molecule has 0 atom stereocenters. The van der Waals surface area contributed by atoms with E-state index >= 15 is 0 Å². The maximum atomic E-state index is 3.78. The molecule has 2 heterocycles. The minimum absolute atomic E-state index is 0.226. The molecule has 0 radical (unpaired) electrons. The zero-order chi connectivity index (χ0) is 9.31. The Bertz CT molecular complexity index is 249. The summed E-state index contributed by atoms with van der Waals surface area (Å²) in [6.45, 7) is 5.98. The summed E-state index contributed by atoms with van der Waals surface area (Å²) >= 11 is 0. The second kappa shape index (κ2) is 3.07. The van der Waals surface area contributed by atoms with Gasteiger partial charge in [0.2, 0.25) is 0 Å². The fraction of sp³-hybridized carbons (Fsp3) is 0.600. The van der Waals surface area contributed by atoms with Gasteiger partial charge in [-0.25, -0.2) is 0 Å². The van der Waals surface area contributed by atoms with Gasteiger partial charge in [0, 0.05) is 7.05 Å². The molecule has 13 heavy (non-hydrogen) atoms. The van der Waals surface area contributed by atoms with E-state index in [9.17, 15) is 0 Å². The molecule has 0 aromatic rings. The van der Waals surface area contributed by atoms with Gasteiger partial charge in [-0.3, -0.25) is 0 Å². The Balaban J connectivity index is 2.18. The third kappa shape index (κ3) is 1.15. The lowest BCUT2D eigenvalue weighted by atomic mass is 9.78. The molecule has 0 amide bonds. The number of hydrogen-bond donors (Lipinski definition) is 3. The third-order valence-electron chi connectivity index (χ3n) is 3.03. The highest BCUT2D eigenvalue weighted by atomic mass is 15.2. The Morgan fingerprint density at radius 3 is 2.69 bits per heavy atom. The topological polar surface area (TPSA) is 36.1 Å². The first kappa shape index (κ1) is 8.63. The van der Waals surface area contributed by atoms with Crippen molar-refractivity contribution in [1.29, 1.82) is 0 Å². The largest absolute Gasteiger partial charge is 0.388 e. The van der Waals surface area contributed by atoms with Crippen molar-refractivity contribution in [2.24, 2.45) is 0 Å². The first-order valence-corrected chi connectivity index (χ1v) is 4.86. The molecular weight excluding hydrogens is 162 g/mol. The molecule has 0 saturated carbocycles. The van der Waals surface area contributed by atoms with Crippen molar-refractivity contribution in [2.45, 2.75) is 18.4 Å². The van der Waals surface area contributed by atoms with Crippen LogP contribution in [0.2, 0.25) is 0 Å².